The highest BCUT2D eigenvalue weighted by atomic mass is 35.5. The van der Waals surface area contributed by atoms with E-state index in [4.69, 9.17) is 23.8 Å². The van der Waals surface area contributed by atoms with Crippen LogP contribution >= 0.6 is 23.8 Å². The molecular formula is C18H22ClN3O2S2. The average Bonchev–Trinajstić information content (AvgIpc) is 2.59. The van der Waals surface area contributed by atoms with E-state index in [-0.39, 0.29) is 0 Å². The molecule has 0 amide bonds. The van der Waals surface area contributed by atoms with Gasteiger partial charge in [-0.15, -0.1) is 0 Å². The Morgan fingerprint density at radius 3 is 2.54 bits per heavy atom. The Morgan fingerprint density at radius 1 is 1.19 bits per heavy atom. The second-order valence-electron chi connectivity index (χ2n) is 5.89. The maximum absolute atomic E-state index is 11.6. The van der Waals surface area contributed by atoms with E-state index < -0.39 is 10.0 Å². The first-order chi connectivity index (χ1) is 12.3. The third-order valence-electron chi connectivity index (χ3n) is 3.81. The number of rotatable bonds is 7. The number of nitrogens with zero attached hydrogens (tertiary/aromatic N) is 1. The van der Waals surface area contributed by atoms with Gasteiger partial charge in [-0.05, 0) is 61.0 Å². The fourth-order valence-electron chi connectivity index (χ4n) is 2.29. The summed E-state index contributed by atoms with van der Waals surface area (Å²) in [5.74, 6) is 0. The molecule has 0 saturated heterocycles. The van der Waals surface area contributed by atoms with Gasteiger partial charge in [-0.3, -0.25) is 4.31 Å². The molecule has 0 aliphatic heterocycles. The molecule has 0 aliphatic rings. The molecule has 2 aromatic carbocycles. The smallest absolute Gasteiger partial charge is 0.231 e. The summed E-state index contributed by atoms with van der Waals surface area (Å²) in [7, 11) is -1.78. The van der Waals surface area contributed by atoms with Crippen molar-refractivity contribution in [1.82, 2.24) is 5.32 Å². The summed E-state index contributed by atoms with van der Waals surface area (Å²) in [6.45, 7) is 0.734. The van der Waals surface area contributed by atoms with E-state index in [0.29, 0.717) is 10.8 Å². The SMILES string of the molecule is CN(c1cccc(NC(=S)NCCCc2ccc(Cl)cc2)c1)S(C)(=O)=O. The van der Waals surface area contributed by atoms with E-state index in [9.17, 15) is 8.42 Å². The van der Waals surface area contributed by atoms with Gasteiger partial charge in [-0.2, -0.15) is 0 Å². The van der Waals surface area contributed by atoms with E-state index in [1.54, 1.807) is 18.2 Å². The minimum Gasteiger partial charge on any atom is -0.362 e. The molecule has 140 valence electrons. The number of aryl methyl sites for hydroxylation is 1. The third-order valence-corrected chi connectivity index (χ3v) is 5.51. The van der Waals surface area contributed by atoms with Gasteiger partial charge in [-0.25, -0.2) is 8.42 Å². The van der Waals surface area contributed by atoms with E-state index in [1.165, 1.54) is 23.2 Å². The van der Waals surface area contributed by atoms with Gasteiger partial charge in [0.2, 0.25) is 10.0 Å². The highest BCUT2D eigenvalue weighted by Crippen LogP contribution is 2.20. The van der Waals surface area contributed by atoms with Crippen molar-refractivity contribution in [3.05, 3.63) is 59.1 Å². The lowest BCUT2D eigenvalue weighted by Crippen LogP contribution is -2.29. The maximum atomic E-state index is 11.6. The molecular weight excluding hydrogens is 390 g/mol. The van der Waals surface area contributed by atoms with Gasteiger partial charge in [0.15, 0.2) is 5.11 Å². The quantitative estimate of drug-likeness (QED) is 0.537. The fraction of sp³-hybridized carbons (Fsp3) is 0.278. The van der Waals surface area contributed by atoms with Crippen molar-refractivity contribution < 1.29 is 8.42 Å². The molecule has 0 atom stereocenters. The zero-order chi connectivity index (χ0) is 19.2. The van der Waals surface area contributed by atoms with Gasteiger partial charge in [0.05, 0.1) is 11.9 Å². The summed E-state index contributed by atoms with van der Waals surface area (Å²) in [6.07, 6.45) is 3.03. The molecule has 0 aliphatic carbocycles. The molecule has 0 aromatic heterocycles. The summed E-state index contributed by atoms with van der Waals surface area (Å²) in [4.78, 5) is 0. The van der Waals surface area contributed by atoms with Crippen LogP contribution in [0.15, 0.2) is 48.5 Å². The molecule has 2 aromatic rings. The van der Waals surface area contributed by atoms with Crippen LogP contribution in [0.3, 0.4) is 0 Å². The number of benzene rings is 2. The first-order valence-electron chi connectivity index (χ1n) is 8.09. The van der Waals surface area contributed by atoms with Crippen molar-refractivity contribution >= 4 is 50.3 Å². The molecule has 0 unspecified atom stereocenters. The normalized spacial score (nSPS) is 11.0. The van der Waals surface area contributed by atoms with E-state index in [0.717, 1.165) is 30.1 Å². The Bertz CT molecular complexity index is 855. The van der Waals surface area contributed by atoms with Crippen LogP contribution < -0.4 is 14.9 Å². The molecule has 0 saturated carbocycles. The first-order valence-corrected chi connectivity index (χ1v) is 10.7. The summed E-state index contributed by atoms with van der Waals surface area (Å²) in [6, 6.07) is 14.9. The van der Waals surface area contributed by atoms with E-state index >= 15 is 0 Å². The summed E-state index contributed by atoms with van der Waals surface area (Å²) >= 11 is 11.2. The van der Waals surface area contributed by atoms with E-state index in [1.807, 2.05) is 30.3 Å². The van der Waals surface area contributed by atoms with Crippen molar-refractivity contribution in [2.24, 2.45) is 0 Å². The molecule has 0 fully saturated rings. The number of hydrogen-bond acceptors (Lipinski definition) is 3. The molecule has 2 rings (SSSR count). The minimum atomic E-state index is -3.30. The molecule has 2 N–H and O–H groups in total. The Morgan fingerprint density at radius 2 is 1.88 bits per heavy atom. The number of hydrogen-bond donors (Lipinski definition) is 2. The van der Waals surface area contributed by atoms with Crippen LogP contribution in [0.2, 0.25) is 5.02 Å². The molecule has 5 nitrogen and oxygen atoms in total. The zero-order valence-corrected chi connectivity index (χ0v) is 17.1. The number of thiocarbonyl (C=S) groups is 1. The lowest BCUT2D eigenvalue weighted by Gasteiger charge is -2.18. The van der Waals surface area contributed by atoms with Gasteiger partial charge in [0.25, 0.3) is 0 Å². The fourth-order valence-corrected chi connectivity index (χ4v) is 3.13. The summed E-state index contributed by atoms with van der Waals surface area (Å²) < 4.78 is 24.5. The van der Waals surface area contributed by atoms with Crippen molar-refractivity contribution in [3.8, 4) is 0 Å². The molecule has 0 bridgehead atoms. The number of nitrogens with one attached hydrogen (secondary N) is 2. The van der Waals surface area contributed by atoms with Crippen molar-refractivity contribution in [1.29, 1.82) is 0 Å². The first kappa shape index (κ1) is 20.5. The Labute approximate surface area is 165 Å². The van der Waals surface area contributed by atoms with Crippen LogP contribution in [0.5, 0.6) is 0 Å². The Kier molecular flexibility index (Phi) is 7.25. The van der Waals surface area contributed by atoms with Crippen LogP contribution in [0.25, 0.3) is 0 Å². The van der Waals surface area contributed by atoms with Gasteiger partial charge in [0, 0.05) is 24.3 Å². The van der Waals surface area contributed by atoms with Crippen LogP contribution in [-0.4, -0.2) is 33.4 Å². The number of halogens is 1. The van der Waals surface area contributed by atoms with Gasteiger partial charge >= 0.3 is 0 Å². The lowest BCUT2D eigenvalue weighted by molar-refractivity contribution is 0.600. The molecule has 8 heteroatoms. The molecule has 26 heavy (non-hydrogen) atoms. The molecule has 0 spiro atoms. The monoisotopic (exact) mass is 411 g/mol. The van der Waals surface area contributed by atoms with Gasteiger partial charge < -0.3 is 10.6 Å². The van der Waals surface area contributed by atoms with Crippen LogP contribution in [0.4, 0.5) is 11.4 Å². The topological polar surface area (TPSA) is 61.4 Å². The predicted octanol–water partition coefficient (Wildman–Crippen LogP) is 3.66. The largest absolute Gasteiger partial charge is 0.362 e. The van der Waals surface area contributed by atoms with Crippen LogP contribution in [0, 0.1) is 0 Å². The Hall–Kier alpha value is -1.83. The third kappa shape index (κ3) is 6.48. The standard InChI is InChI=1S/C18H22ClN3O2S2/c1-22(26(2,23)24)17-7-3-6-16(13-17)21-18(25)20-12-4-5-14-8-10-15(19)11-9-14/h3,6-11,13H,4-5,12H2,1-2H3,(H2,20,21,25). The van der Waals surface area contributed by atoms with Crippen molar-refractivity contribution in [3.63, 3.8) is 0 Å². The second kappa shape index (κ2) is 9.21. The van der Waals surface area contributed by atoms with Crippen LogP contribution in [-0.2, 0) is 16.4 Å². The summed E-state index contributed by atoms with van der Waals surface area (Å²) in [5, 5.41) is 7.47. The Balaban J connectivity index is 1.81. The van der Waals surface area contributed by atoms with Gasteiger partial charge in [0.1, 0.15) is 0 Å². The second-order valence-corrected chi connectivity index (χ2v) is 8.75. The highest BCUT2D eigenvalue weighted by molar-refractivity contribution is 7.92. The average molecular weight is 412 g/mol. The van der Waals surface area contributed by atoms with Crippen LogP contribution in [0.1, 0.15) is 12.0 Å². The van der Waals surface area contributed by atoms with Crippen molar-refractivity contribution in [2.75, 3.05) is 29.5 Å². The highest BCUT2D eigenvalue weighted by Gasteiger charge is 2.12. The van der Waals surface area contributed by atoms with Crippen molar-refractivity contribution in [2.45, 2.75) is 12.8 Å². The number of anilines is 2. The molecule has 0 radical (unpaired) electrons. The summed E-state index contributed by atoms with van der Waals surface area (Å²) in [5.41, 5.74) is 2.53. The molecule has 0 heterocycles. The van der Waals surface area contributed by atoms with E-state index in [2.05, 4.69) is 10.6 Å². The maximum Gasteiger partial charge on any atom is 0.231 e. The zero-order valence-electron chi connectivity index (χ0n) is 14.7. The minimum absolute atomic E-state index is 0.500. The number of sulfonamides is 1. The van der Waals surface area contributed by atoms with Gasteiger partial charge in [-0.1, -0.05) is 29.8 Å². The lowest BCUT2D eigenvalue weighted by atomic mass is 10.1. The predicted molar refractivity (Wildman–Crippen MR) is 114 cm³/mol.